The number of aromatic nitrogens is 1. The molecule has 2 heterocycles. The first-order chi connectivity index (χ1) is 7.83. The van der Waals surface area contributed by atoms with Gasteiger partial charge in [-0.1, -0.05) is 6.92 Å². The van der Waals surface area contributed by atoms with Gasteiger partial charge in [0.05, 0.1) is 10.7 Å². The lowest BCUT2D eigenvalue weighted by Gasteiger charge is -2.20. The van der Waals surface area contributed by atoms with Crippen LogP contribution in [0.3, 0.4) is 0 Å². The van der Waals surface area contributed by atoms with Crippen LogP contribution in [0.1, 0.15) is 47.7 Å². The van der Waals surface area contributed by atoms with Crippen molar-refractivity contribution in [3.63, 3.8) is 0 Å². The van der Waals surface area contributed by atoms with Crippen molar-refractivity contribution in [3.8, 4) is 0 Å². The second-order valence-electron chi connectivity index (χ2n) is 5.29. The van der Waals surface area contributed by atoms with Gasteiger partial charge in [0.25, 0.3) is 0 Å². The molecule has 0 amide bonds. The molecule has 1 atom stereocenters. The smallest absolute Gasteiger partial charge is 0.0962 e. The molecule has 1 N–H and O–H groups in total. The molecule has 1 saturated heterocycles. The van der Waals surface area contributed by atoms with E-state index in [1.807, 2.05) is 11.3 Å². The van der Waals surface area contributed by atoms with E-state index in [1.165, 1.54) is 55.9 Å². The number of thiazole rings is 1. The fourth-order valence-electron chi connectivity index (χ4n) is 2.80. The molecular formula is C13H20N2S. The number of hydrogen-bond acceptors (Lipinski definition) is 3. The van der Waals surface area contributed by atoms with Crippen LogP contribution in [0.25, 0.3) is 0 Å². The lowest BCUT2D eigenvalue weighted by Crippen LogP contribution is -2.26. The van der Waals surface area contributed by atoms with E-state index in [4.69, 9.17) is 4.98 Å². The van der Waals surface area contributed by atoms with Gasteiger partial charge in [0.15, 0.2) is 0 Å². The summed E-state index contributed by atoms with van der Waals surface area (Å²) in [5.41, 5.74) is 1.43. The van der Waals surface area contributed by atoms with Crippen LogP contribution in [0.15, 0.2) is 0 Å². The average Bonchev–Trinajstić information content (AvgIpc) is 2.73. The average molecular weight is 236 g/mol. The molecule has 0 spiro atoms. The van der Waals surface area contributed by atoms with Gasteiger partial charge in [0.2, 0.25) is 0 Å². The molecule has 2 nitrogen and oxygen atoms in total. The predicted molar refractivity (Wildman–Crippen MR) is 68.1 cm³/mol. The minimum atomic E-state index is 0.743. The fraction of sp³-hybridized carbons (Fsp3) is 0.769. The number of hydrogen-bond donors (Lipinski definition) is 1. The van der Waals surface area contributed by atoms with E-state index in [0.717, 1.165) is 11.8 Å². The first kappa shape index (κ1) is 10.7. The van der Waals surface area contributed by atoms with E-state index in [2.05, 4.69) is 12.2 Å². The Labute approximate surface area is 101 Å². The van der Waals surface area contributed by atoms with Crippen molar-refractivity contribution >= 4 is 11.3 Å². The van der Waals surface area contributed by atoms with Crippen molar-refractivity contribution in [2.24, 2.45) is 5.92 Å². The molecule has 0 bridgehead atoms. The molecule has 0 saturated carbocycles. The van der Waals surface area contributed by atoms with E-state index in [0.29, 0.717) is 0 Å². The van der Waals surface area contributed by atoms with Crippen LogP contribution >= 0.6 is 11.3 Å². The quantitative estimate of drug-likeness (QED) is 0.811. The predicted octanol–water partition coefficient (Wildman–Crippen LogP) is 2.73. The van der Waals surface area contributed by atoms with Gasteiger partial charge in [-0.3, -0.25) is 0 Å². The highest BCUT2D eigenvalue weighted by molar-refractivity contribution is 7.11. The van der Waals surface area contributed by atoms with Crippen LogP contribution in [0.4, 0.5) is 0 Å². The molecule has 3 rings (SSSR count). The molecular weight excluding hydrogens is 216 g/mol. The molecule has 1 aromatic heterocycles. The highest BCUT2D eigenvalue weighted by Gasteiger charge is 2.24. The molecule has 1 aliphatic carbocycles. The summed E-state index contributed by atoms with van der Waals surface area (Å²) in [7, 11) is 0. The van der Waals surface area contributed by atoms with Crippen molar-refractivity contribution in [1.82, 2.24) is 10.3 Å². The molecule has 88 valence electrons. The van der Waals surface area contributed by atoms with Crippen molar-refractivity contribution in [1.29, 1.82) is 0 Å². The van der Waals surface area contributed by atoms with Crippen LogP contribution < -0.4 is 5.32 Å². The van der Waals surface area contributed by atoms with E-state index >= 15 is 0 Å². The van der Waals surface area contributed by atoms with Crippen LogP contribution in [-0.4, -0.2) is 18.1 Å². The number of nitrogens with zero attached hydrogens (tertiary/aromatic N) is 1. The molecule has 1 aromatic rings. The maximum atomic E-state index is 4.90. The Morgan fingerprint density at radius 1 is 1.25 bits per heavy atom. The Morgan fingerprint density at radius 2 is 2.06 bits per heavy atom. The summed E-state index contributed by atoms with van der Waals surface area (Å²) in [6, 6.07) is 0. The first-order valence-electron chi connectivity index (χ1n) is 6.52. The summed E-state index contributed by atoms with van der Waals surface area (Å²) < 4.78 is 0. The van der Waals surface area contributed by atoms with Gasteiger partial charge in [-0.25, -0.2) is 4.98 Å². The van der Waals surface area contributed by atoms with Gasteiger partial charge in [0.1, 0.15) is 0 Å². The van der Waals surface area contributed by atoms with E-state index in [-0.39, 0.29) is 0 Å². The van der Waals surface area contributed by atoms with Gasteiger partial charge < -0.3 is 5.32 Å². The third-order valence-corrected chi connectivity index (χ3v) is 5.17. The zero-order valence-corrected chi connectivity index (χ0v) is 10.8. The van der Waals surface area contributed by atoms with Gasteiger partial charge in [0, 0.05) is 10.8 Å². The third kappa shape index (κ3) is 2.03. The van der Waals surface area contributed by atoms with Crippen molar-refractivity contribution in [2.45, 2.75) is 44.9 Å². The Hall–Kier alpha value is -0.410. The normalized spacial score (nSPS) is 26.7. The van der Waals surface area contributed by atoms with Gasteiger partial charge in [-0.15, -0.1) is 11.3 Å². The maximum Gasteiger partial charge on any atom is 0.0962 e. The molecule has 0 radical (unpaired) electrons. The van der Waals surface area contributed by atoms with E-state index < -0.39 is 0 Å². The lowest BCUT2D eigenvalue weighted by atomic mass is 9.93. The highest BCUT2D eigenvalue weighted by atomic mass is 32.1. The summed E-state index contributed by atoms with van der Waals surface area (Å²) in [5.74, 6) is 1.61. The number of nitrogens with one attached hydrogen (secondary N) is 1. The minimum absolute atomic E-state index is 0.743. The molecule has 1 fully saturated rings. The van der Waals surface area contributed by atoms with Gasteiger partial charge in [-0.2, -0.15) is 0 Å². The maximum absolute atomic E-state index is 4.90. The molecule has 0 aromatic carbocycles. The second-order valence-corrected chi connectivity index (χ2v) is 6.41. The van der Waals surface area contributed by atoms with Crippen molar-refractivity contribution in [3.05, 3.63) is 15.6 Å². The first-order valence-corrected chi connectivity index (χ1v) is 7.34. The van der Waals surface area contributed by atoms with Gasteiger partial charge in [-0.05, 0) is 51.1 Å². The third-order valence-electron chi connectivity index (χ3n) is 3.89. The Balaban J connectivity index is 1.80. The van der Waals surface area contributed by atoms with E-state index in [9.17, 15) is 0 Å². The summed E-state index contributed by atoms with van der Waals surface area (Å²) in [4.78, 5) is 6.49. The fourth-order valence-corrected chi connectivity index (χ4v) is 4.25. The van der Waals surface area contributed by atoms with Crippen LogP contribution in [0.2, 0.25) is 0 Å². The monoisotopic (exact) mass is 236 g/mol. The highest BCUT2D eigenvalue weighted by Crippen LogP contribution is 2.35. The Kier molecular flexibility index (Phi) is 2.99. The summed E-state index contributed by atoms with van der Waals surface area (Å²) in [5, 5.41) is 4.86. The second kappa shape index (κ2) is 4.46. The standard InChI is InChI=1S/C13H20N2S/c1-9-2-3-11-12(8-9)16-13(15-11)10-4-6-14-7-5-10/h9-10,14H,2-8H2,1H3. The van der Waals surface area contributed by atoms with Crippen molar-refractivity contribution in [2.75, 3.05) is 13.1 Å². The van der Waals surface area contributed by atoms with Crippen molar-refractivity contribution < 1.29 is 0 Å². The van der Waals surface area contributed by atoms with Crippen LogP contribution in [-0.2, 0) is 12.8 Å². The number of piperidine rings is 1. The van der Waals surface area contributed by atoms with Crippen LogP contribution in [0.5, 0.6) is 0 Å². The Bertz CT molecular complexity index is 366. The zero-order chi connectivity index (χ0) is 11.0. The summed E-state index contributed by atoms with van der Waals surface area (Å²) in [6.45, 7) is 4.71. The molecule has 16 heavy (non-hydrogen) atoms. The lowest BCUT2D eigenvalue weighted by molar-refractivity contribution is 0.457. The minimum Gasteiger partial charge on any atom is -0.317 e. The van der Waals surface area contributed by atoms with Gasteiger partial charge >= 0.3 is 0 Å². The SMILES string of the molecule is CC1CCc2nc(C3CCNCC3)sc2C1. The zero-order valence-electron chi connectivity index (χ0n) is 9.96. The summed E-state index contributed by atoms with van der Waals surface area (Å²) in [6.07, 6.45) is 6.39. The van der Waals surface area contributed by atoms with Crippen LogP contribution in [0, 0.1) is 5.92 Å². The molecule has 1 unspecified atom stereocenters. The Morgan fingerprint density at radius 3 is 2.88 bits per heavy atom. The number of fused-ring (bicyclic) bond motifs is 1. The summed E-state index contributed by atoms with van der Waals surface area (Å²) >= 11 is 2.01. The molecule has 1 aliphatic heterocycles. The molecule has 3 heteroatoms. The van der Waals surface area contributed by atoms with E-state index in [1.54, 1.807) is 4.88 Å². The largest absolute Gasteiger partial charge is 0.317 e. The number of aryl methyl sites for hydroxylation is 1. The number of rotatable bonds is 1. The molecule has 2 aliphatic rings. The topological polar surface area (TPSA) is 24.9 Å².